The first-order valence-corrected chi connectivity index (χ1v) is 13.5. The molecule has 3 aromatic rings. The number of aliphatic carboxylic acids is 1. The summed E-state index contributed by atoms with van der Waals surface area (Å²) in [7, 11) is -3.84. The van der Waals surface area contributed by atoms with Crippen molar-refractivity contribution in [3.63, 3.8) is 0 Å². The number of carbonyl (C=O) groups excluding carboxylic acids is 1. The van der Waals surface area contributed by atoms with Crippen molar-refractivity contribution >= 4 is 33.3 Å². The molecule has 1 aliphatic heterocycles. The first kappa shape index (κ1) is 30.4. The third-order valence-corrected chi connectivity index (χ3v) is 7.29. The average Bonchev–Trinajstić information content (AvgIpc) is 2.92. The van der Waals surface area contributed by atoms with Gasteiger partial charge in [-0.25, -0.2) is 13.2 Å². The lowest BCUT2D eigenvalue weighted by Crippen LogP contribution is -2.43. The second-order valence-electron chi connectivity index (χ2n) is 8.69. The fourth-order valence-corrected chi connectivity index (χ4v) is 5.10. The van der Waals surface area contributed by atoms with Crippen LogP contribution in [0, 0.1) is 6.92 Å². The van der Waals surface area contributed by atoms with Gasteiger partial charge in [0.25, 0.3) is 15.9 Å². The molecule has 4 rings (SSSR count). The maximum absolute atomic E-state index is 13.2. The van der Waals surface area contributed by atoms with Gasteiger partial charge in [0.1, 0.15) is 0 Å². The number of rotatable bonds is 7. The Hall–Kier alpha value is -4.17. The molecule has 4 N–H and O–H groups in total. The standard InChI is InChI=1S/C24H27N5O3S.C2HF3O2/c1-18-5-2-3-7-23(18)33(31,32)28-21-15-20(8-9-22(21)29-13-11-25-12-14-29)24(30)27-17-19-6-4-10-26-16-19;3-2(4,5)1(6)7/h2-10,15-16,25,28H,11-14,17H2,1H3,(H,27,30);(H,6,7). The van der Waals surface area contributed by atoms with Crippen molar-refractivity contribution in [2.24, 2.45) is 0 Å². The number of aromatic nitrogens is 1. The number of anilines is 2. The molecule has 0 radical (unpaired) electrons. The van der Waals surface area contributed by atoms with Crippen molar-refractivity contribution in [3.8, 4) is 0 Å². The van der Waals surface area contributed by atoms with Crippen molar-refractivity contribution in [2.75, 3.05) is 35.8 Å². The van der Waals surface area contributed by atoms with Crippen LogP contribution in [0.3, 0.4) is 0 Å². The minimum Gasteiger partial charge on any atom is -0.475 e. The number of carboxylic acid groups (broad SMARTS) is 1. The molecule has 2 aromatic carbocycles. The molecular formula is C26H28F3N5O5S. The molecule has 214 valence electrons. The lowest BCUT2D eigenvalue weighted by molar-refractivity contribution is -0.192. The highest BCUT2D eigenvalue weighted by atomic mass is 32.2. The second kappa shape index (κ2) is 13.3. The van der Waals surface area contributed by atoms with Gasteiger partial charge in [0.05, 0.1) is 16.3 Å². The topological polar surface area (TPSA) is 141 Å². The van der Waals surface area contributed by atoms with Crippen LogP contribution >= 0.6 is 0 Å². The Morgan fingerprint density at radius 2 is 1.75 bits per heavy atom. The Kier molecular flexibility index (Phi) is 10.1. The summed E-state index contributed by atoms with van der Waals surface area (Å²) in [6.07, 6.45) is -1.72. The Bertz CT molecular complexity index is 1430. The van der Waals surface area contributed by atoms with E-state index in [0.717, 1.165) is 37.4 Å². The van der Waals surface area contributed by atoms with E-state index < -0.39 is 22.2 Å². The van der Waals surface area contributed by atoms with Crippen LogP contribution in [-0.2, 0) is 21.4 Å². The van der Waals surface area contributed by atoms with E-state index in [4.69, 9.17) is 9.90 Å². The van der Waals surface area contributed by atoms with Crippen LogP contribution < -0.4 is 20.3 Å². The lowest BCUT2D eigenvalue weighted by atomic mass is 10.1. The number of halogens is 3. The summed E-state index contributed by atoms with van der Waals surface area (Å²) in [5, 5.41) is 13.3. The number of pyridine rings is 1. The van der Waals surface area contributed by atoms with Gasteiger partial charge in [-0.3, -0.25) is 14.5 Å². The van der Waals surface area contributed by atoms with E-state index in [1.807, 2.05) is 12.1 Å². The number of aryl methyl sites for hydroxylation is 1. The maximum Gasteiger partial charge on any atom is 0.490 e. The molecule has 0 atom stereocenters. The zero-order valence-corrected chi connectivity index (χ0v) is 22.2. The van der Waals surface area contributed by atoms with E-state index in [9.17, 15) is 26.4 Å². The highest BCUT2D eigenvalue weighted by molar-refractivity contribution is 7.92. The largest absolute Gasteiger partial charge is 0.490 e. The number of carbonyl (C=O) groups is 2. The molecule has 10 nitrogen and oxygen atoms in total. The number of benzene rings is 2. The van der Waals surface area contributed by atoms with Crippen molar-refractivity contribution in [1.29, 1.82) is 0 Å². The van der Waals surface area contributed by atoms with Crippen LogP contribution in [0.5, 0.6) is 0 Å². The first-order chi connectivity index (χ1) is 18.9. The summed E-state index contributed by atoms with van der Waals surface area (Å²) >= 11 is 0. The summed E-state index contributed by atoms with van der Waals surface area (Å²) in [5.41, 5.74) is 3.04. The number of nitrogens with one attached hydrogen (secondary N) is 3. The molecule has 0 unspecified atom stereocenters. The molecule has 0 aliphatic carbocycles. The second-order valence-corrected chi connectivity index (χ2v) is 10.3. The number of hydrogen-bond acceptors (Lipinski definition) is 7. The quantitative estimate of drug-likeness (QED) is 0.335. The summed E-state index contributed by atoms with van der Waals surface area (Å²) in [4.78, 5) is 28.1. The zero-order chi connectivity index (χ0) is 29.3. The van der Waals surface area contributed by atoms with E-state index >= 15 is 0 Å². The number of hydrogen-bond donors (Lipinski definition) is 4. The fourth-order valence-electron chi connectivity index (χ4n) is 3.79. The van der Waals surface area contributed by atoms with Gasteiger partial charge in [0, 0.05) is 50.7 Å². The summed E-state index contributed by atoms with van der Waals surface area (Å²) in [5.74, 6) is -3.05. The number of piperazine rings is 1. The van der Waals surface area contributed by atoms with Gasteiger partial charge >= 0.3 is 12.1 Å². The molecule has 0 bridgehead atoms. The van der Waals surface area contributed by atoms with E-state index in [1.54, 1.807) is 61.8 Å². The van der Waals surface area contributed by atoms with Gasteiger partial charge in [-0.05, 0) is 48.4 Å². The number of sulfonamides is 1. The maximum atomic E-state index is 13.2. The van der Waals surface area contributed by atoms with Crippen LogP contribution in [0.15, 0.2) is 71.9 Å². The summed E-state index contributed by atoms with van der Waals surface area (Å²) in [6.45, 7) is 5.18. The van der Waals surface area contributed by atoms with Crippen LogP contribution in [0.2, 0.25) is 0 Å². The van der Waals surface area contributed by atoms with Crippen molar-refractivity contribution < 1.29 is 36.3 Å². The third kappa shape index (κ3) is 8.41. The van der Waals surface area contributed by atoms with Gasteiger partial charge in [-0.1, -0.05) is 24.3 Å². The average molecular weight is 580 g/mol. The van der Waals surface area contributed by atoms with Crippen LogP contribution in [0.1, 0.15) is 21.5 Å². The molecule has 1 aromatic heterocycles. The molecule has 0 saturated carbocycles. The number of carboxylic acids is 1. The fraction of sp³-hybridized carbons (Fsp3) is 0.269. The van der Waals surface area contributed by atoms with Gasteiger partial charge in [0.15, 0.2) is 0 Å². The summed E-state index contributed by atoms with van der Waals surface area (Å²) < 4.78 is 60.9. The lowest BCUT2D eigenvalue weighted by Gasteiger charge is -2.31. The third-order valence-electron chi connectivity index (χ3n) is 5.76. The van der Waals surface area contributed by atoms with E-state index in [2.05, 4.69) is 25.2 Å². The number of alkyl halides is 3. The van der Waals surface area contributed by atoms with Crippen LogP contribution in [-0.4, -0.2) is 62.7 Å². The van der Waals surface area contributed by atoms with Crippen LogP contribution in [0.25, 0.3) is 0 Å². The number of nitrogens with zero attached hydrogens (tertiary/aromatic N) is 2. The van der Waals surface area contributed by atoms with Gasteiger partial charge < -0.3 is 20.6 Å². The predicted molar refractivity (Wildman–Crippen MR) is 143 cm³/mol. The minimum absolute atomic E-state index is 0.211. The van der Waals surface area contributed by atoms with Gasteiger partial charge in [0.2, 0.25) is 0 Å². The Balaban J connectivity index is 0.000000559. The Morgan fingerprint density at radius 1 is 1.07 bits per heavy atom. The van der Waals surface area contributed by atoms with E-state index in [1.165, 1.54) is 0 Å². The van der Waals surface area contributed by atoms with Gasteiger partial charge in [-0.15, -0.1) is 0 Å². The van der Waals surface area contributed by atoms with E-state index in [-0.39, 0.29) is 10.8 Å². The molecule has 0 spiro atoms. The zero-order valence-electron chi connectivity index (χ0n) is 21.4. The Labute approximate surface area is 229 Å². The molecule has 1 fully saturated rings. The highest BCUT2D eigenvalue weighted by Crippen LogP contribution is 2.30. The monoisotopic (exact) mass is 579 g/mol. The Morgan fingerprint density at radius 3 is 2.35 bits per heavy atom. The van der Waals surface area contributed by atoms with Gasteiger partial charge in [-0.2, -0.15) is 13.2 Å². The van der Waals surface area contributed by atoms with Crippen LogP contribution in [0.4, 0.5) is 24.5 Å². The minimum atomic E-state index is -5.08. The summed E-state index contributed by atoms with van der Waals surface area (Å²) in [6, 6.07) is 15.6. The molecule has 1 aliphatic rings. The van der Waals surface area contributed by atoms with E-state index in [0.29, 0.717) is 23.4 Å². The highest BCUT2D eigenvalue weighted by Gasteiger charge is 2.38. The number of amides is 1. The molecule has 1 amide bonds. The molecule has 14 heteroatoms. The van der Waals surface area contributed by atoms with Crippen molar-refractivity contribution in [2.45, 2.75) is 24.5 Å². The predicted octanol–water partition coefficient (Wildman–Crippen LogP) is 3.16. The molecule has 40 heavy (non-hydrogen) atoms. The smallest absolute Gasteiger partial charge is 0.475 e. The SMILES string of the molecule is Cc1ccccc1S(=O)(=O)Nc1cc(C(=O)NCc2cccnc2)ccc1N1CCNCC1.O=C(O)C(F)(F)F. The van der Waals surface area contributed by atoms with Crippen molar-refractivity contribution in [1.82, 2.24) is 15.6 Å². The molecular weight excluding hydrogens is 551 g/mol. The van der Waals surface area contributed by atoms with Crippen molar-refractivity contribution in [3.05, 3.63) is 83.7 Å². The molecule has 1 saturated heterocycles. The molecule has 2 heterocycles. The first-order valence-electron chi connectivity index (χ1n) is 12.0. The normalized spacial score (nSPS) is 13.6.